The van der Waals surface area contributed by atoms with Gasteiger partial charge in [0.25, 0.3) is 5.91 Å². The van der Waals surface area contributed by atoms with Crippen LogP contribution in [0, 0.1) is 6.92 Å². The molecule has 110 valence electrons. The molecule has 1 amide bonds. The van der Waals surface area contributed by atoms with E-state index in [0.717, 1.165) is 21.3 Å². The number of H-pyrrole nitrogens is 1. The molecule has 22 heavy (non-hydrogen) atoms. The van der Waals surface area contributed by atoms with Crippen molar-refractivity contribution in [3.8, 4) is 11.1 Å². The minimum atomic E-state index is -0.215. The first-order valence-corrected chi connectivity index (χ1v) is 7.47. The summed E-state index contributed by atoms with van der Waals surface area (Å²) in [5, 5.41) is 9.95. The summed E-state index contributed by atoms with van der Waals surface area (Å²) < 4.78 is 1.000. The predicted molar refractivity (Wildman–Crippen MR) is 88.7 cm³/mol. The number of hydrogen-bond donors (Lipinski definition) is 2. The fourth-order valence-electron chi connectivity index (χ4n) is 2.17. The number of carbonyl (C=O) groups excluding carboxylic acids is 1. The van der Waals surface area contributed by atoms with Crippen LogP contribution in [0.3, 0.4) is 0 Å². The molecule has 3 aromatic rings. The average Bonchev–Trinajstić information content (AvgIpc) is 2.90. The largest absolute Gasteiger partial charge is 0.305 e. The molecule has 5 nitrogen and oxygen atoms in total. The van der Waals surface area contributed by atoms with E-state index in [1.165, 1.54) is 0 Å². The molecule has 0 aliphatic heterocycles. The van der Waals surface area contributed by atoms with Crippen molar-refractivity contribution in [2.75, 3.05) is 5.32 Å². The molecule has 0 saturated carbocycles. The maximum absolute atomic E-state index is 12.3. The number of anilines is 1. The first-order chi connectivity index (χ1) is 10.6. The molecule has 0 saturated heterocycles. The number of carbonyl (C=O) groups is 1. The molecule has 3 rings (SSSR count). The molecule has 0 fully saturated rings. The van der Waals surface area contributed by atoms with E-state index in [1.807, 2.05) is 31.2 Å². The lowest BCUT2D eigenvalue weighted by molar-refractivity contribution is 0.102. The quantitative estimate of drug-likeness (QED) is 0.749. The van der Waals surface area contributed by atoms with Gasteiger partial charge in [0.1, 0.15) is 0 Å². The standard InChI is InChI=1S/C16H13BrN4O/c1-10-14(11-2-4-13(17)5-3-11)15(21-20-10)19-16(22)12-6-8-18-9-7-12/h2-9H,1H3,(H2,19,20,21,22). The van der Waals surface area contributed by atoms with Crippen LogP contribution in [0.15, 0.2) is 53.3 Å². The lowest BCUT2D eigenvalue weighted by atomic mass is 10.1. The van der Waals surface area contributed by atoms with E-state index in [4.69, 9.17) is 0 Å². The van der Waals surface area contributed by atoms with Gasteiger partial charge in [0.15, 0.2) is 5.82 Å². The monoisotopic (exact) mass is 356 g/mol. The van der Waals surface area contributed by atoms with Gasteiger partial charge >= 0.3 is 0 Å². The number of aromatic nitrogens is 3. The van der Waals surface area contributed by atoms with Crippen LogP contribution < -0.4 is 5.32 Å². The van der Waals surface area contributed by atoms with Crippen molar-refractivity contribution in [2.24, 2.45) is 0 Å². The van der Waals surface area contributed by atoms with Gasteiger partial charge < -0.3 is 5.32 Å². The van der Waals surface area contributed by atoms with Crippen LogP contribution in [0.4, 0.5) is 5.82 Å². The number of benzene rings is 1. The van der Waals surface area contributed by atoms with Gasteiger partial charge in [-0.2, -0.15) is 5.10 Å². The van der Waals surface area contributed by atoms with Crippen LogP contribution in [-0.4, -0.2) is 21.1 Å². The number of nitrogens with zero attached hydrogens (tertiary/aromatic N) is 2. The third-order valence-corrected chi connectivity index (χ3v) is 3.78. The summed E-state index contributed by atoms with van der Waals surface area (Å²) in [5.41, 5.74) is 3.30. The Kier molecular flexibility index (Phi) is 4.02. The third kappa shape index (κ3) is 2.92. The van der Waals surface area contributed by atoms with Gasteiger partial charge in [-0.05, 0) is 36.8 Å². The summed E-state index contributed by atoms with van der Waals surface area (Å²) in [6, 6.07) is 11.2. The molecular formula is C16H13BrN4O. The molecule has 1 aromatic carbocycles. The maximum Gasteiger partial charge on any atom is 0.256 e. The van der Waals surface area contributed by atoms with Crippen LogP contribution in [0.25, 0.3) is 11.1 Å². The average molecular weight is 357 g/mol. The van der Waals surface area contributed by atoms with Crippen molar-refractivity contribution < 1.29 is 4.79 Å². The minimum Gasteiger partial charge on any atom is -0.305 e. The van der Waals surface area contributed by atoms with Gasteiger partial charge in [0.05, 0.1) is 0 Å². The van der Waals surface area contributed by atoms with Crippen LogP contribution in [-0.2, 0) is 0 Å². The van der Waals surface area contributed by atoms with Crippen molar-refractivity contribution in [2.45, 2.75) is 6.92 Å². The first kappa shape index (κ1) is 14.5. The number of nitrogens with one attached hydrogen (secondary N) is 2. The first-order valence-electron chi connectivity index (χ1n) is 6.67. The smallest absolute Gasteiger partial charge is 0.256 e. The molecule has 0 aliphatic rings. The zero-order chi connectivity index (χ0) is 15.5. The van der Waals surface area contributed by atoms with Crippen molar-refractivity contribution >= 4 is 27.7 Å². The normalized spacial score (nSPS) is 10.5. The lowest BCUT2D eigenvalue weighted by Gasteiger charge is -2.06. The Hall–Kier alpha value is -2.47. The van der Waals surface area contributed by atoms with Crippen LogP contribution in [0.5, 0.6) is 0 Å². The van der Waals surface area contributed by atoms with Crippen LogP contribution >= 0.6 is 15.9 Å². The molecule has 0 bridgehead atoms. The third-order valence-electron chi connectivity index (χ3n) is 3.25. The molecule has 2 N–H and O–H groups in total. The molecule has 6 heteroatoms. The Bertz CT molecular complexity index is 797. The molecular weight excluding hydrogens is 344 g/mol. The Balaban J connectivity index is 1.93. The van der Waals surface area contributed by atoms with E-state index in [2.05, 4.69) is 36.4 Å². The highest BCUT2D eigenvalue weighted by Gasteiger charge is 2.15. The number of hydrogen-bond acceptors (Lipinski definition) is 3. The number of pyridine rings is 1. The topological polar surface area (TPSA) is 70.7 Å². The molecule has 0 unspecified atom stereocenters. The Morgan fingerprint density at radius 3 is 2.50 bits per heavy atom. The van der Waals surface area contributed by atoms with Gasteiger partial charge in [0.2, 0.25) is 0 Å². The second-order valence-corrected chi connectivity index (χ2v) is 5.68. The van der Waals surface area contributed by atoms with Crippen molar-refractivity contribution in [1.29, 1.82) is 0 Å². The fraction of sp³-hybridized carbons (Fsp3) is 0.0625. The molecule has 0 atom stereocenters. The SMILES string of the molecule is Cc1[nH]nc(NC(=O)c2ccncc2)c1-c1ccc(Br)cc1. The molecule has 2 heterocycles. The van der Waals surface area contributed by atoms with Gasteiger partial charge in [0, 0.05) is 33.7 Å². The second kappa shape index (κ2) is 6.11. The summed E-state index contributed by atoms with van der Waals surface area (Å²) in [6.45, 7) is 1.92. The van der Waals surface area contributed by atoms with Crippen LogP contribution in [0.2, 0.25) is 0 Å². The van der Waals surface area contributed by atoms with Crippen molar-refractivity contribution in [3.05, 3.63) is 64.5 Å². The van der Waals surface area contributed by atoms with E-state index in [-0.39, 0.29) is 5.91 Å². The minimum absolute atomic E-state index is 0.215. The number of rotatable bonds is 3. The molecule has 0 aliphatic carbocycles. The van der Waals surface area contributed by atoms with E-state index in [1.54, 1.807) is 24.5 Å². The summed E-state index contributed by atoms with van der Waals surface area (Å²) >= 11 is 3.42. The zero-order valence-electron chi connectivity index (χ0n) is 11.8. The highest BCUT2D eigenvalue weighted by atomic mass is 79.9. The number of amides is 1. The Morgan fingerprint density at radius 2 is 1.82 bits per heavy atom. The molecule has 0 radical (unpaired) electrons. The van der Waals surface area contributed by atoms with Crippen molar-refractivity contribution in [1.82, 2.24) is 15.2 Å². The van der Waals surface area contributed by atoms with Gasteiger partial charge in [-0.15, -0.1) is 0 Å². The summed E-state index contributed by atoms with van der Waals surface area (Å²) in [5.74, 6) is 0.300. The van der Waals surface area contributed by atoms with Crippen LogP contribution in [0.1, 0.15) is 16.1 Å². The van der Waals surface area contributed by atoms with Gasteiger partial charge in [-0.25, -0.2) is 0 Å². The molecule has 2 aromatic heterocycles. The number of aromatic amines is 1. The van der Waals surface area contributed by atoms with E-state index in [0.29, 0.717) is 11.4 Å². The fourth-order valence-corrected chi connectivity index (χ4v) is 2.44. The highest BCUT2D eigenvalue weighted by Crippen LogP contribution is 2.30. The second-order valence-electron chi connectivity index (χ2n) is 4.77. The molecule has 0 spiro atoms. The van der Waals surface area contributed by atoms with E-state index in [9.17, 15) is 4.79 Å². The van der Waals surface area contributed by atoms with Gasteiger partial charge in [-0.3, -0.25) is 14.9 Å². The lowest BCUT2D eigenvalue weighted by Crippen LogP contribution is -2.12. The Morgan fingerprint density at radius 1 is 1.14 bits per heavy atom. The van der Waals surface area contributed by atoms with Gasteiger partial charge in [-0.1, -0.05) is 28.1 Å². The number of halogens is 1. The van der Waals surface area contributed by atoms with E-state index >= 15 is 0 Å². The predicted octanol–water partition coefficient (Wildman–Crippen LogP) is 3.79. The Labute approximate surface area is 135 Å². The zero-order valence-corrected chi connectivity index (χ0v) is 13.4. The summed E-state index contributed by atoms with van der Waals surface area (Å²) in [6.07, 6.45) is 3.17. The van der Waals surface area contributed by atoms with E-state index < -0.39 is 0 Å². The number of aryl methyl sites for hydroxylation is 1. The van der Waals surface area contributed by atoms with Crippen molar-refractivity contribution in [3.63, 3.8) is 0 Å². The summed E-state index contributed by atoms with van der Waals surface area (Å²) in [7, 11) is 0. The maximum atomic E-state index is 12.3. The summed E-state index contributed by atoms with van der Waals surface area (Å²) in [4.78, 5) is 16.2. The highest BCUT2D eigenvalue weighted by molar-refractivity contribution is 9.10.